The van der Waals surface area contributed by atoms with Crippen LogP contribution in [0.2, 0.25) is 0 Å². The molecule has 5 nitrogen and oxygen atoms in total. The lowest BCUT2D eigenvalue weighted by Crippen LogP contribution is -2.17. The van der Waals surface area contributed by atoms with E-state index >= 15 is 0 Å². The molecular formula is C44H67NO4. The molecule has 0 aromatic heterocycles. The normalized spacial score (nSPS) is 13.7. The number of carbonyl (C=O) groups excluding carboxylic acids is 2. The molecule has 0 aliphatic rings. The van der Waals surface area contributed by atoms with Crippen LogP contribution in [0.3, 0.4) is 0 Å². The average molecular weight is 674 g/mol. The lowest BCUT2D eigenvalue weighted by molar-refractivity contribution is -0.108. The summed E-state index contributed by atoms with van der Waals surface area (Å²) in [6.07, 6.45) is 17.7. The lowest BCUT2D eigenvalue weighted by atomic mass is 9.85. The number of allylic oxidation sites excluding steroid dienone is 7. The Morgan fingerprint density at radius 2 is 1.49 bits per heavy atom. The topological polar surface area (TPSA) is 64.6 Å². The van der Waals surface area contributed by atoms with Crippen molar-refractivity contribution in [3.8, 4) is 11.5 Å². The van der Waals surface area contributed by atoms with Crippen LogP contribution in [0.25, 0.3) is 5.57 Å². The first-order valence-electron chi connectivity index (χ1n) is 18.6. The second kappa shape index (κ2) is 28.0. The van der Waals surface area contributed by atoms with Crippen molar-refractivity contribution in [3.05, 3.63) is 101 Å². The molecular weight excluding hydrogens is 606 g/mol. The number of carbonyl (C=O) groups is 2. The van der Waals surface area contributed by atoms with Gasteiger partial charge in [-0.1, -0.05) is 122 Å². The van der Waals surface area contributed by atoms with Gasteiger partial charge in [0.05, 0.1) is 13.2 Å². The summed E-state index contributed by atoms with van der Waals surface area (Å²) < 4.78 is 10.9. The number of rotatable bonds is 20. The zero-order valence-electron chi connectivity index (χ0n) is 32.6. The summed E-state index contributed by atoms with van der Waals surface area (Å²) in [5, 5.41) is 2.99. The molecule has 272 valence electrons. The fourth-order valence-corrected chi connectivity index (χ4v) is 5.24. The molecule has 2 aromatic rings. The van der Waals surface area contributed by atoms with Crippen LogP contribution in [-0.2, 0) is 4.79 Å². The molecule has 0 radical (unpaired) electrons. The van der Waals surface area contributed by atoms with E-state index in [1.54, 1.807) is 18.2 Å². The van der Waals surface area contributed by atoms with Crippen molar-refractivity contribution >= 4 is 17.8 Å². The first-order valence-corrected chi connectivity index (χ1v) is 18.6. The molecule has 0 bridgehead atoms. The number of hydrogen-bond donors (Lipinski definition) is 1. The van der Waals surface area contributed by atoms with Crippen LogP contribution in [0.4, 0.5) is 0 Å². The minimum Gasteiger partial charge on any atom is -0.490 e. The lowest BCUT2D eigenvalue weighted by Gasteiger charge is -2.22. The van der Waals surface area contributed by atoms with Gasteiger partial charge in [0.1, 0.15) is 0 Å². The van der Waals surface area contributed by atoms with Crippen LogP contribution in [0.1, 0.15) is 131 Å². The Labute approximate surface area is 300 Å². The Morgan fingerprint density at radius 3 is 2.06 bits per heavy atom. The highest BCUT2D eigenvalue weighted by molar-refractivity contribution is 5.96. The van der Waals surface area contributed by atoms with Crippen molar-refractivity contribution in [3.63, 3.8) is 0 Å². The third-order valence-corrected chi connectivity index (χ3v) is 8.06. The standard InChI is InChI=1S/C28H41NO.C14H20O3.C2H6/c1-7-9-10-11-13-16-22(3)19-24(5)25(6)20-27(29-21-30)28(23(4)8-2)26-17-14-12-15-18-26;1-4-7-12(15)11-8-9-13(16-5-2)14(10-11)17-6-3;1-2/h9-10,12-18,20-22,24-25H,7-8,11,19H2,1-6H3,(H,29,30);8-10H,4-7H2,1-3H3;1-2H3/b10-9-,16-13-,27-20+,28-23?;;. The van der Waals surface area contributed by atoms with Gasteiger partial charge in [-0.15, -0.1) is 0 Å². The summed E-state index contributed by atoms with van der Waals surface area (Å²) in [5.41, 5.74) is 5.17. The Bertz CT molecular complexity index is 1310. The first kappa shape index (κ1) is 45.1. The highest BCUT2D eigenvalue weighted by atomic mass is 16.5. The molecule has 0 aliphatic heterocycles. The minimum absolute atomic E-state index is 0.150. The molecule has 3 unspecified atom stereocenters. The van der Waals surface area contributed by atoms with Gasteiger partial charge in [0.2, 0.25) is 6.41 Å². The van der Waals surface area contributed by atoms with E-state index in [4.69, 9.17) is 9.47 Å². The van der Waals surface area contributed by atoms with E-state index < -0.39 is 0 Å². The summed E-state index contributed by atoms with van der Waals surface area (Å²) in [4.78, 5) is 23.2. The van der Waals surface area contributed by atoms with Crippen LogP contribution < -0.4 is 14.8 Å². The quantitative estimate of drug-likeness (QED) is 0.0657. The third kappa shape index (κ3) is 17.9. The van der Waals surface area contributed by atoms with E-state index in [0.717, 1.165) is 55.3 Å². The molecule has 5 heteroatoms. The fraction of sp³-hybridized carbons (Fsp3) is 0.500. The van der Waals surface area contributed by atoms with Crippen molar-refractivity contribution in [2.75, 3.05) is 13.2 Å². The second-order valence-electron chi connectivity index (χ2n) is 12.0. The van der Waals surface area contributed by atoms with Gasteiger partial charge in [0.25, 0.3) is 0 Å². The van der Waals surface area contributed by atoms with E-state index in [1.165, 1.54) is 5.57 Å². The van der Waals surface area contributed by atoms with E-state index in [1.807, 2.05) is 52.8 Å². The Morgan fingerprint density at radius 1 is 0.837 bits per heavy atom. The van der Waals surface area contributed by atoms with Crippen molar-refractivity contribution in [1.29, 1.82) is 0 Å². The molecule has 49 heavy (non-hydrogen) atoms. The van der Waals surface area contributed by atoms with Crippen LogP contribution in [0.15, 0.2) is 90.2 Å². The van der Waals surface area contributed by atoms with Gasteiger partial charge >= 0.3 is 0 Å². The summed E-state index contributed by atoms with van der Waals surface area (Å²) >= 11 is 0. The van der Waals surface area contributed by atoms with Gasteiger partial charge in [-0.05, 0) is 94.4 Å². The van der Waals surface area contributed by atoms with Crippen molar-refractivity contribution in [2.24, 2.45) is 17.8 Å². The van der Waals surface area contributed by atoms with Crippen molar-refractivity contribution in [1.82, 2.24) is 5.32 Å². The molecule has 1 amide bonds. The van der Waals surface area contributed by atoms with E-state index in [9.17, 15) is 9.59 Å². The number of benzene rings is 2. The van der Waals surface area contributed by atoms with E-state index in [0.29, 0.717) is 54.5 Å². The molecule has 0 heterocycles. The van der Waals surface area contributed by atoms with Crippen molar-refractivity contribution < 1.29 is 19.1 Å². The minimum atomic E-state index is 0.150. The van der Waals surface area contributed by atoms with Gasteiger partial charge in [-0.25, -0.2) is 0 Å². The van der Waals surface area contributed by atoms with Crippen molar-refractivity contribution in [2.45, 2.75) is 115 Å². The maximum absolute atomic E-state index is 11.8. The predicted molar refractivity (Wildman–Crippen MR) is 211 cm³/mol. The summed E-state index contributed by atoms with van der Waals surface area (Å²) in [7, 11) is 0. The highest BCUT2D eigenvalue weighted by Crippen LogP contribution is 2.31. The summed E-state index contributed by atoms with van der Waals surface area (Å²) in [6.45, 7) is 24.3. The van der Waals surface area contributed by atoms with Crippen LogP contribution in [0.5, 0.6) is 11.5 Å². The zero-order valence-corrected chi connectivity index (χ0v) is 32.6. The SMILES string of the molecule is CC.CC/C=C\C/C=C\C(C)CC(C)C(C)/C=C(/NC=O)C(=C(C)CC)c1ccccc1.CCCC(=O)c1ccc(OCC)c(OCC)c1. The first-order chi connectivity index (χ1) is 23.7. The molecule has 2 aromatic carbocycles. The summed E-state index contributed by atoms with van der Waals surface area (Å²) in [6, 6.07) is 15.7. The molecule has 0 aliphatic carbocycles. The molecule has 0 saturated heterocycles. The van der Waals surface area contributed by atoms with Crippen LogP contribution in [0, 0.1) is 17.8 Å². The number of Topliss-reactive ketones (excluding diaryl/α,β-unsaturated/α-hetero) is 1. The Kier molecular flexibility index (Phi) is 25.8. The maximum Gasteiger partial charge on any atom is 0.211 e. The molecule has 1 N–H and O–H groups in total. The van der Waals surface area contributed by atoms with Gasteiger partial charge < -0.3 is 14.8 Å². The van der Waals surface area contributed by atoms with E-state index in [-0.39, 0.29) is 5.78 Å². The van der Waals surface area contributed by atoms with Gasteiger partial charge in [-0.2, -0.15) is 0 Å². The largest absolute Gasteiger partial charge is 0.490 e. The van der Waals surface area contributed by atoms with Crippen LogP contribution >= 0.6 is 0 Å². The number of nitrogens with one attached hydrogen (secondary N) is 1. The molecule has 0 spiro atoms. The summed E-state index contributed by atoms with van der Waals surface area (Å²) in [5.74, 6) is 2.90. The molecule has 0 saturated carbocycles. The second-order valence-corrected chi connectivity index (χ2v) is 12.0. The zero-order chi connectivity index (χ0) is 37.0. The predicted octanol–water partition coefficient (Wildman–Crippen LogP) is 12.2. The third-order valence-electron chi connectivity index (χ3n) is 8.06. The number of hydrogen-bond acceptors (Lipinski definition) is 4. The Balaban J connectivity index is 0.00000102. The molecule has 3 atom stereocenters. The van der Waals surface area contributed by atoms with E-state index in [2.05, 4.69) is 89.4 Å². The molecule has 2 rings (SSSR count). The highest BCUT2D eigenvalue weighted by Gasteiger charge is 2.17. The fourth-order valence-electron chi connectivity index (χ4n) is 5.24. The van der Waals surface area contributed by atoms with Gasteiger partial charge in [-0.3, -0.25) is 9.59 Å². The average Bonchev–Trinajstić information content (AvgIpc) is 3.11. The Hall–Kier alpha value is -3.86. The number of ketones is 1. The molecule has 0 fully saturated rings. The van der Waals surface area contributed by atoms with Crippen LogP contribution in [-0.4, -0.2) is 25.4 Å². The van der Waals surface area contributed by atoms with Gasteiger partial charge in [0, 0.05) is 23.3 Å². The monoisotopic (exact) mass is 674 g/mol. The number of ether oxygens (including phenoxy) is 2. The number of amides is 1. The van der Waals surface area contributed by atoms with Gasteiger partial charge in [0.15, 0.2) is 17.3 Å². The maximum atomic E-state index is 11.8. The smallest absolute Gasteiger partial charge is 0.211 e.